The van der Waals surface area contributed by atoms with E-state index in [4.69, 9.17) is 0 Å². The third-order valence-electron chi connectivity index (χ3n) is 4.47. The fourth-order valence-corrected chi connectivity index (χ4v) is 3.60. The largest absolute Gasteiger partial charge is 0.369 e. The van der Waals surface area contributed by atoms with Crippen LogP contribution in [0.3, 0.4) is 0 Å². The number of carbonyl (C=O) groups is 1. The second kappa shape index (κ2) is 7.35. The van der Waals surface area contributed by atoms with Gasteiger partial charge in [0.15, 0.2) is 0 Å². The number of amides is 1. The van der Waals surface area contributed by atoms with Crippen LogP contribution in [0.15, 0.2) is 42.5 Å². The molecule has 26 heavy (non-hydrogen) atoms. The number of fused-ring (bicyclic) bond motifs is 1. The normalized spacial score (nSPS) is 15.3. The fraction of sp³-hybridized carbons (Fsp3) is 0.278. The highest BCUT2D eigenvalue weighted by molar-refractivity contribution is 7.00. The molecular formula is C18H18FN5OS. The average Bonchev–Trinajstić information content (AvgIpc) is 3.11. The van der Waals surface area contributed by atoms with Crippen LogP contribution in [0.4, 0.5) is 15.8 Å². The zero-order valence-corrected chi connectivity index (χ0v) is 14.9. The Labute approximate surface area is 154 Å². The lowest BCUT2D eigenvalue weighted by molar-refractivity contribution is -0.117. The average molecular weight is 371 g/mol. The number of nitrogens with zero attached hydrogens (tertiary/aromatic N) is 4. The topological polar surface area (TPSA) is 61.4 Å². The molecule has 1 fully saturated rings. The van der Waals surface area contributed by atoms with Gasteiger partial charge in [-0.1, -0.05) is 0 Å². The molecule has 1 saturated heterocycles. The summed E-state index contributed by atoms with van der Waals surface area (Å²) >= 11 is 1.16. The maximum absolute atomic E-state index is 13.0. The first-order chi connectivity index (χ1) is 12.7. The smallest absolute Gasteiger partial charge is 0.238 e. The first kappa shape index (κ1) is 16.9. The number of rotatable bonds is 4. The Hall–Kier alpha value is -2.58. The Kier molecular flexibility index (Phi) is 4.77. The summed E-state index contributed by atoms with van der Waals surface area (Å²) < 4.78 is 21.4. The van der Waals surface area contributed by atoms with Gasteiger partial charge in [0.1, 0.15) is 16.9 Å². The number of aromatic nitrogens is 2. The summed E-state index contributed by atoms with van der Waals surface area (Å²) in [7, 11) is 0. The van der Waals surface area contributed by atoms with Crippen molar-refractivity contribution in [2.24, 2.45) is 0 Å². The van der Waals surface area contributed by atoms with Gasteiger partial charge in [-0.2, -0.15) is 8.75 Å². The molecule has 1 aromatic heterocycles. The number of hydrogen-bond donors (Lipinski definition) is 1. The predicted octanol–water partition coefficient (Wildman–Crippen LogP) is 2.59. The van der Waals surface area contributed by atoms with Crippen LogP contribution in [0.2, 0.25) is 0 Å². The van der Waals surface area contributed by atoms with Crippen molar-refractivity contribution < 1.29 is 9.18 Å². The number of hydrogen-bond acceptors (Lipinski definition) is 6. The van der Waals surface area contributed by atoms with Gasteiger partial charge in [0.05, 0.1) is 18.3 Å². The molecule has 2 heterocycles. The molecule has 1 aliphatic rings. The molecule has 4 rings (SSSR count). The van der Waals surface area contributed by atoms with E-state index in [1.165, 1.54) is 12.1 Å². The predicted molar refractivity (Wildman–Crippen MR) is 101 cm³/mol. The van der Waals surface area contributed by atoms with Gasteiger partial charge in [-0.15, -0.1) is 0 Å². The van der Waals surface area contributed by atoms with Crippen LogP contribution in [-0.4, -0.2) is 52.3 Å². The van der Waals surface area contributed by atoms with Crippen molar-refractivity contribution in [1.82, 2.24) is 13.6 Å². The highest BCUT2D eigenvalue weighted by Gasteiger charge is 2.19. The molecule has 8 heteroatoms. The van der Waals surface area contributed by atoms with Crippen LogP contribution in [0.25, 0.3) is 11.0 Å². The first-order valence-corrected chi connectivity index (χ1v) is 9.15. The van der Waals surface area contributed by atoms with Crippen LogP contribution in [0.1, 0.15) is 0 Å². The summed E-state index contributed by atoms with van der Waals surface area (Å²) in [5, 5.41) is 2.92. The lowest BCUT2D eigenvalue weighted by Gasteiger charge is -2.35. The molecule has 2 aromatic carbocycles. The number of halogens is 1. The van der Waals surface area contributed by atoms with Gasteiger partial charge in [-0.3, -0.25) is 9.69 Å². The standard InChI is InChI=1S/C18H18FN5OS/c19-13-1-4-15(5-2-13)24-9-7-23(8-10-24)12-18(25)20-14-3-6-16-17(11-14)22-26-21-16/h1-6,11H,7-10,12H2,(H,20,25). The lowest BCUT2D eigenvalue weighted by atomic mass is 10.2. The molecule has 0 radical (unpaired) electrons. The van der Waals surface area contributed by atoms with E-state index >= 15 is 0 Å². The minimum Gasteiger partial charge on any atom is -0.369 e. The van der Waals surface area contributed by atoms with Crippen LogP contribution in [0, 0.1) is 5.82 Å². The third kappa shape index (κ3) is 3.81. The summed E-state index contributed by atoms with van der Waals surface area (Å²) in [5.74, 6) is -0.265. The van der Waals surface area contributed by atoms with E-state index in [9.17, 15) is 9.18 Å². The Morgan fingerprint density at radius 3 is 2.54 bits per heavy atom. The van der Waals surface area contributed by atoms with E-state index in [0.29, 0.717) is 6.54 Å². The number of benzene rings is 2. The molecule has 6 nitrogen and oxygen atoms in total. The summed E-state index contributed by atoms with van der Waals surface area (Å²) in [6.07, 6.45) is 0. The molecule has 0 bridgehead atoms. The van der Waals surface area contributed by atoms with Crippen LogP contribution in [0.5, 0.6) is 0 Å². The van der Waals surface area contributed by atoms with E-state index in [1.54, 1.807) is 12.1 Å². The molecule has 0 spiro atoms. The maximum Gasteiger partial charge on any atom is 0.238 e. The van der Waals surface area contributed by atoms with E-state index in [-0.39, 0.29) is 11.7 Å². The van der Waals surface area contributed by atoms with E-state index < -0.39 is 0 Å². The van der Waals surface area contributed by atoms with Crippen molar-refractivity contribution in [3.63, 3.8) is 0 Å². The molecule has 0 unspecified atom stereocenters. The van der Waals surface area contributed by atoms with E-state index in [0.717, 1.165) is 60.3 Å². The number of piperazine rings is 1. The Bertz CT molecular complexity index is 905. The van der Waals surface area contributed by atoms with Crippen molar-refractivity contribution in [3.8, 4) is 0 Å². The highest BCUT2D eigenvalue weighted by atomic mass is 32.1. The Morgan fingerprint density at radius 1 is 1.04 bits per heavy atom. The van der Waals surface area contributed by atoms with E-state index in [1.807, 2.05) is 18.2 Å². The molecule has 134 valence electrons. The lowest BCUT2D eigenvalue weighted by Crippen LogP contribution is -2.48. The quantitative estimate of drug-likeness (QED) is 0.764. The zero-order chi connectivity index (χ0) is 17.9. The highest BCUT2D eigenvalue weighted by Crippen LogP contribution is 2.18. The van der Waals surface area contributed by atoms with Crippen LogP contribution in [-0.2, 0) is 4.79 Å². The Morgan fingerprint density at radius 2 is 1.77 bits per heavy atom. The van der Waals surface area contributed by atoms with Crippen LogP contribution < -0.4 is 10.2 Å². The molecule has 1 N–H and O–H groups in total. The van der Waals surface area contributed by atoms with Crippen molar-refractivity contribution in [2.75, 3.05) is 42.9 Å². The number of nitrogens with one attached hydrogen (secondary N) is 1. The molecule has 3 aromatic rings. The number of carbonyl (C=O) groups excluding carboxylic acids is 1. The van der Waals surface area contributed by atoms with Crippen molar-refractivity contribution in [2.45, 2.75) is 0 Å². The summed E-state index contributed by atoms with van der Waals surface area (Å²) in [6.45, 7) is 3.56. The fourth-order valence-electron chi connectivity index (χ4n) is 3.08. The molecule has 0 saturated carbocycles. The van der Waals surface area contributed by atoms with Crippen molar-refractivity contribution in [3.05, 3.63) is 48.3 Å². The van der Waals surface area contributed by atoms with Gasteiger partial charge in [0, 0.05) is 37.6 Å². The van der Waals surface area contributed by atoms with Gasteiger partial charge >= 0.3 is 0 Å². The zero-order valence-electron chi connectivity index (χ0n) is 14.1. The maximum atomic E-state index is 13.0. The SMILES string of the molecule is O=C(CN1CCN(c2ccc(F)cc2)CC1)Nc1ccc2nsnc2c1. The number of anilines is 2. The molecule has 1 aliphatic heterocycles. The Balaban J connectivity index is 1.29. The third-order valence-corrected chi connectivity index (χ3v) is 5.03. The van der Waals surface area contributed by atoms with Gasteiger partial charge in [0.2, 0.25) is 5.91 Å². The molecule has 0 aliphatic carbocycles. The minimum atomic E-state index is -0.226. The second-order valence-corrected chi connectivity index (χ2v) is 6.78. The summed E-state index contributed by atoms with van der Waals surface area (Å²) in [5.41, 5.74) is 3.38. The molecule has 1 amide bonds. The molecular weight excluding hydrogens is 353 g/mol. The van der Waals surface area contributed by atoms with Crippen molar-refractivity contribution >= 4 is 40.0 Å². The van der Waals surface area contributed by atoms with Gasteiger partial charge < -0.3 is 10.2 Å². The van der Waals surface area contributed by atoms with Gasteiger partial charge in [0.25, 0.3) is 0 Å². The first-order valence-electron chi connectivity index (χ1n) is 8.42. The summed E-state index contributed by atoms with van der Waals surface area (Å²) in [6, 6.07) is 12.1. The summed E-state index contributed by atoms with van der Waals surface area (Å²) in [4.78, 5) is 16.6. The monoisotopic (exact) mass is 371 g/mol. The van der Waals surface area contributed by atoms with Gasteiger partial charge in [-0.25, -0.2) is 4.39 Å². The van der Waals surface area contributed by atoms with Crippen LogP contribution >= 0.6 is 11.7 Å². The second-order valence-electron chi connectivity index (χ2n) is 6.26. The van der Waals surface area contributed by atoms with E-state index in [2.05, 4.69) is 23.9 Å². The molecule has 0 atom stereocenters. The van der Waals surface area contributed by atoms with Gasteiger partial charge in [-0.05, 0) is 42.5 Å². The minimum absolute atomic E-state index is 0.0391. The van der Waals surface area contributed by atoms with Crippen molar-refractivity contribution in [1.29, 1.82) is 0 Å².